The fraction of sp³-hybridized carbons (Fsp3) is 0.467. The number of rotatable bonds is 4. The predicted molar refractivity (Wildman–Crippen MR) is 84.8 cm³/mol. The van der Waals surface area contributed by atoms with Gasteiger partial charge in [0.05, 0.1) is 10.0 Å². The van der Waals surface area contributed by atoms with E-state index >= 15 is 0 Å². The van der Waals surface area contributed by atoms with E-state index in [0.717, 1.165) is 6.42 Å². The van der Waals surface area contributed by atoms with E-state index in [4.69, 9.17) is 23.2 Å². The molecule has 0 radical (unpaired) electrons. The molecule has 0 bridgehead atoms. The molecule has 2 unspecified atom stereocenters. The average Bonchev–Trinajstić information content (AvgIpc) is 2.83. The molecule has 0 saturated carbocycles. The maximum Gasteiger partial charge on any atom is 0.239 e. The third kappa shape index (κ3) is 3.50. The Morgan fingerprint density at radius 1 is 1.43 bits per heavy atom. The summed E-state index contributed by atoms with van der Waals surface area (Å²) in [5.41, 5.74) is 0.674. The summed E-state index contributed by atoms with van der Waals surface area (Å²) in [6, 6.07) is 5.11. The number of nitrogens with zero attached hydrogens (tertiary/aromatic N) is 1. The van der Waals surface area contributed by atoms with Gasteiger partial charge in [0.15, 0.2) is 0 Å². The van der Waals surface area contributed by atoms with Crippen molar-refractivity contribution in [1.29, 1.82) is 0 Å². The van der Waals surface area contributed by atoms with Crippen LogP contribution >= 0.6 is 23.2 Å². The molecular weight excluding hydrogens is 311 g/mol. The second-order valence-electron chi connectivity index (χ2n) is 5.25. The van der Waals surface area contributed by atoms with Crippen molar-refractivity contribution in [2.24, 2.45) is 5.92 Å². The van der Waals surface area contributed by atoms with Gasteiger partial charge >= 0.3 is 0 Å². The molecule has 1 aliphatic heterocycles. The van der Waals surface area contributed by atoms with Crippen LogP contribution in [0, 0.1) is 5.92 Å². The molecule has 2 atom stereocenters. The zero-order valence-electron chi connectivity index (χ0n) is 12.0. The van der Waals surface area contributed by atoms with Gasteiger partial charge in [0.2, 0.25) is 11.8 Å². The van der Waals surface area contributed by atoms with E-state index in [1.165, 1.54) is 0 Å². The highest BCUT2D eigenvalue weighted by atomic mass is 35.5. The van der Waals surface area contributed by atoms with Crippen LogP contribution in [0.5, 0.6) is 0 Å². The van der Waals surface area contributed by atoms with Crippen LogP contribution in [0.25, 0.3) is 0 Å². The molecule has 1 saturated heterocycles. The van der Waals surface area contributed by atoms with Gasteiger partial charge in [-0.3, -0.25) is 9.59 Å². The van der Waals surface area contributed by atoms with Crippen molar-refractivity contribution in [3.8, 4) is 0 Å². The molecule has 0 aromatic heterocycles. The first-order chi connectivity index (χ1) is 9.93. The van der Waals surface area contributed by atoms with Crippen molar-refractivity contribution < 1.29 is 9.59 Å². The van der Waals surface area contributed by atoms with Crippen LogP contribution in [0.2, 0.25) is 10.0 Å². The van der Waals surface area contributed by atoms with E-state index < -0.39 is 5.92 Å². The van der Waals surface area contributed by atoms with Crippen LogP contribution in [0.4, 0.5) is 5.69 Å². The highest BCUT2D eigenvalue weighted by Crippen LogP contribution is 2.31. The minimum absolute atomic E-state index is 0.0735. The van der Waals surface area contributed by atoms with Crippen molar-refractivity contribution >= 4 is 40.7 Å². The third-order valence-corrected chi connectivity index (χ3v) is 4.48. The highest BCUT2D eigenvalue weighted by Gasteiger charge is 2.37. The normalized spacial score (nSPS) is 19.7. The van der Waals surface area contributed by atoms with Gasteiger partial charge in [-0.2, -0.15) is 0 Å². The third-order valence-electron chi connectivity index (χ3n) is 3.74. The number of hydrogen-bond donors (Lipinski definition) is 1. The second-order valence-corrected chi connectivity index (χ2v) is 6.06. The van der Waals surface area contributed by atoms with Crippen LogP contribution in [-0.2, 0) is 9.59 Å². The molecule has 21 heavy (non-hydrogen) atoms. The van der Waals surface area contributed by atoms with Crippen LogP contribution in [-0.4, -0.2) is 24.4 Å². The molecule has 4 nitrogen and oxygen atoms in total. The standard InChI is InChI=1S/C15H18Cl2N2O2/c1-3-9(2)18-14(20)11-6-7-19(15(11)21)10-4-5-12(16)13(17)8-10/h4-5,8-9,11H,3,6-7H2,1-2H3,(H,18,20). The molecule has 1 N–H and O–H groups in total. The minimum atomic E-state index is -0.617. The van der Waals surface area contributed by atoms with Crippen LogP contribution in [0.15, 0.2) is 18.2 Å². The molecule has 114 valence electrons. The Hall–Kier alpha value is -1.26. The molecule has 0 spiro atoms. The van der Waals surface area contributed by atoms with Crippen LogP contribution in [0.1, 0.15) is 26.7 Å². The minimum Gasteiger partial charge on any atom is -0.353 e. The lowest BCUT2D eigenvalue weighted by molar-refractivity contribution is -0.132. The van der Waals surface area contributed by atoms with Crippen molar-refractivity contribution in [1.82, 2.24) is 5.32 Å². The molecule has 1 fully saturated rings. The smallest absolute Gasteiger partial charge is 0.239 e. The lowest BCUT2D eigenvalue weighted by atomic mass is 10.1. The maximum atomic E-state index is 12.4. The molecule has 2 rings (SSSR count). The number of hydrogen-bond acceptors (Lipinski definition) is 2. The van der Waals surface area contributed by atoms with Gasteiger partial charge in [0.1, 0.15) is 5.92 Å². The number of carbonyl (C=O) groups excluding carboxylic acids is 2. The summed E-state index contributed by atoms with van der Waals surface area (Å²) in [6.07, 6.45) is 1.35. The first-order valence-electron chi connectivity index (χ1n) is 7.00. The van der Waals surface area contributed by atoms with Crippen LogP contribution < -0.4 is 10.2 Å². The molecule has 0 aliphatic carbocycles. The Kier molecular flexibility index (Phi) is 5.12. The number of halogens is 2. The SMILES string of the molecule is CCC(C)NC(=O)C1CCN(c2ccc(Cl)c(Cl)c2)C1=O. The second kappa shape index (κ2) is 6.67. The van der Waals surface area contributed by atoms with E-state index in [0.29, 0.717) is 28.7 Å². The van der Waals surface area contributed by atoms with Crippen molar-refractivity contribution in [3.05, 3.63) is 28.2 Å². The summed E-state index contributed by atoms with van der Waals surface area (Å²) >= 11 is 11.9. The van der Waals surface area contributed by atoms with Gasteiger partial charge in [-0.05, 0) is 38.0 Å². The lowest BCUT2D eigenvalue weighted by Gasteiger charge is -2.18. The number of carbonyl (C=O) groups is 2. The maximum absolute atomic E-state index is 12.4. The number of amides is 2. The summed E-state index contributed by atoms with van der Waals surface area (Å²) < 4.78 is 0. The first kappa shape index (κ1) is 16.1. The zero-order chi connectivity index (χ0) is 15.6. The number of benzene rings is 1. The van der Waals surface area contributed by atoms with Gasteiger partial charge in [0, 0.05) is 18.3 Å². The molecule has 1 aliphatic rings. The van der Waals surface area contributed by atoms with E-state index in [-0.39, 0.29) is 17.9 Å². The predicted octanol–water partition coefficient (Wildman–Crippen LogP) is 3.26. The summed E-state index contributed by atoms with van der Waals surface area (Å²) in [7, 11) is 0. The number of nitrogens with one attached hydrogen (secondary N) is 1. The summed E-state index contributed by atoms with van der Waals surface area (Å²) in [6.45, 7) is 4.42. The Balaban J connectivity index is 2.10. The first-order valence-corrected chi connectivity index (χ1v) is 7.76. The Bertz CT molecular complexity index is 563. The van der Waals surface area contributed by atoms with Crippen molar-refractivity contribution in [3.63, 3.8) is 0 Å². The van der Waals surface area contributed by atoms with Gasteiger partial charge in [0.25, 0.3) is 0 Å². The van der Waals surface area contributed by atoms with Crippen molar-refractivity contribution in [2.45, 2.75) is 32.7 Å². The molecule has 2 amide bonds. The molecule has 1 heterocycles. The van der Waals surface area contributed by atoms with E-state index in [2.05, 4.69) is 5.32 Å². The van der Waals surface area contributed by atoms with E-state index in [1.54, 1.807) is 23.1 Å². The fourth-order valence-electron chi connectivity index (χ4n) is 2.28. The topological polar surface area (TPSA) is 49.4 Å². The average molecular weight is 329 g/mol. The van der Waals surface area contributed by atoms with Gasteiger partial charge < -0.3 is 10.2 Å². The van der Waals surface area contributed by atoms with Gasteiger partial charge in [-0.15, -0.1) is 0 Å². The molecule has 1 aromatic rings. The quantitative estimate of drug-likeness (QED) is 0.862. The Labute approximate surface area is 134 Å². The molecule has 6 heteroatoms. The monoisotopic (exact) mass is 328 g/mol. The Morgan fingerprint density at radius 2 is 2.14 bits per heavy atom. The molecule has 1 aromatic carbocycles. The van der Waals surface area contributed by atoms with Gasteiger partial charge in [-0.1, -0.05) is 30.1 Å². The molecular formula is C15H18Cl2N2O2. The van der Waals surface area contributed by atoms with Crippen LogP contribution in [0.3, 0.4) is 0 Å². The number of anilines is 1. The summed E-state index contributed by atoms with van der Waals surface area (Å²) in [5.74, 6) is -1.00. The lowest BCUT2D eigenvalue weighted by Crippen LogP contribution is -2.40. The highest BCUT2D eigenvalue weighted by molar-refractivity contribution is 6.42. The Morgan fingerprint density at radius 3 is 2.76 bits per heavy atom. The van der Waals surface area contributed by atoms with Crippen molar-refractivity contribution in [2.75, 3.05) is 11.4 Å². The summed E-state index contributed by atoms with van der Waals surface area (Å²) in [5, 5.41) is 3.70. The van der Waals surface area contributed by atoms with E-state index in [1.807, 2.05) is 13.8 Å². The van der Waals surface area contributed by atoms with E-state index in [9.17, 15) is 9.59 Å². The van der Waals surface area contributed by atoms with Gasteiger partial charge in [-0.25, -0.2) is 0 Å². The summed E-state index contributed by atoms with van der Waals surface area (Å²) in [4.78, 5) is 26.1. The largest absolute Gasteiger partial charge is 0.353 e. The fourth-order valence-corrected chi connectivity index (χ4v) is 2.57. The zero-order valence-corrected chi connectivity index (χ0v) is 13.5.